The van der Waals surface area contributed by atoms with Crippen molar-refractivity contribution < 1.29 is 4.79 Å². The molecular formula is C16H30N2O. The summed E-state index contributed by atoms with van der Waals surface area (Å²) in [6.07, 6.45) is 10.9. The van der Waals surface area contributed by atoms with Crippen LogP contribution in [0.15, 0.2) is 0 Å². The Bertz CT molecular complexity index is 286. The van der Waals surface area contributed by atoms with Crippen molar-refractivity contribution in [3.63, 3.8) is 0 Å². The van der Waals surface area contributed by atoms with Crippen molar-refractivity contribution in [3.05, 3.63) is 0 Å². The van der Waals surface area contributed by atoms with Crippen molar-refractivity contribution in [2.24, 2.45) is 17.6 Å². The molecule has 0 aromatic rings. The van der Waals surface area contributed by atoms with Crippen LogP contribution < -0.4 is 5.73 Å². The Kier molecular flexibility index (Phi) is 5.68. The van der Waals surface area contributed by atoms with Crippen molar-refractivity contribution >= 4 is 5.91 Å². The Hall–Kier alpha value is -0.570. The van der Waals surface area contributed by atoms with Crippen molar-refractivity contribution in [2.75, 3.05) is 13.1 Å². The normalized spacial score (nSPS) is 29.2. The number of hydrogen-bond donors (Lipinski definition) is 1. The van der Waals surface area contributed by atoms with E-state index >= 15 is 0 Å². The number of carbonyl (C=O) groups is 1. The summed E-state index contributed by atoms with van der Waals surface area (Å²) in [5.74, 6) is 1.25. The van der Waals surface area contributed by atoms with E-state index in [2.05, 4.69) is 11.8 Å². The van der Waals surface area contributed by atoms with Crippen LogP contribution in [0.3, 0.4) is 0 Å². The monoisotopic (exact) mass is 266 g/mol. The van der Waals surface area contributed by atoms with Gasteiger partial charge in [-0.3, -0.25) is 4.79 Å². The molecule has 2 N–H and O–H groups in total. The van der Waals surface area contributed by atoms with Gasteiger partial charge in [0.15, 0.2) is 0 Å². The molecule has 2 unspecified atom stereocenters. The summed E-state index contributed by atoms with van der Waals surface area (Å²) in [6, 6.07) is 0.415. The molecule has 2 fully saturated rings. The van der Waals surface area contributed by atoms with Gasteiger partial charge >= 0.3 is 0 Å². The lowest BCUT2D eigenvalue weighted by molar-refractivity contribution is -0.140. The van der Waals surface area contributed by atoms with E-state index in [-0.39, 0.29) is 0 Å². The summed E-state index contributed by atoms with van der Waals surface area (Å²) in [5, 5.41) is 0. The summed E-state index contributed by atoms with van der Waals surface area (Å²) in [7, 11) is 0. The van der Waals surface area contributed by atoms with E-state index < -0.39 is 0 Å². The maximum Gasteiger partial charge on any atom is 0.225 e. The van der Waals surface area contributed by atoms with Crippen LogP contribution in [0.25, 0.3) is 0 Å². The van der Waals surface area contributed by atoms with E-state index in [1.54, 1.807) is 0 Å². The fraction of sp³-hybridized carbons (Fsp3) is 0.938. The molecule has 0 aromatic carbocycles. The largest absolute Gasteiger partial charge is 0.339 e. The van der Waals surface area contributed by atoms with E-state index in [9.17, 15) is 4.79 Å². The van der Waals surface area contributed by atoms with E-state index in [0.717, 1.165) is 32.4 Å². The standard InChI is InChI=1S/C16H30N2O/c1-2-18(15-11-7-6-10-14(15)12-17)16(19)13-8-4-3-5-9-13/h13-15H,2-12,17H2,1H3. The molecule has 110 valence electrons. The van der Waals surface area contributed by atoms with Crippen LogP contribution in [0.5, 0.6) is 0 Å². The highest BCUT2D eigenvalue weighted by Gasteiger charge is 2.34. The highest BCUT2D eigenvalue weighted by molar-refractivity contribution is 5.79. The summed E-state index contributed by atoms with van der Waals surface area (Å²) >= 11 is 0. The zero-order chi connectivity index (χ0) is 13.7. The summed E-state index contributed by atoms with van der Waals surface area (Å²) < 4.78 is 0. The molecule has 3 heteroatoms. The lowest BCUT2D eigenvalue weighted by atomic mass is 9.82. The third-order valence-electron chi connectivity index (χ3n) is 5.15. The van der Waals surface area contributed by atoms with E-state index in [1.165, 1.54) is 38.5 Å². The van der Waals surface area contributed by atoms with Gasteiger partial charge < -0.3 is 10.6 Å². The molecule has 0 spiro atoms. The van der Waals surface area contributed by atoms with Gasteiger partial charge in [0.1, 0.15) is 0 Å². The minimum atomic E-state index is 0.300. The number of amides is 1. The molecule has 2 aliphatic rings. The average Bonchev–Trinajstić information content (AvgIpc) is 2.49. The van der Waals surface area contributed by atoms with Gasteiger partial charge in [-0.15, -0.1) is 0 Å². The van der Waals surface area contributed by atoms with Gasteiger partial charge in [-0.05, 0) is 45.1 Å². The highest BCUT2D eigenvalue weighted by atomic mass is 16.2. The van der Waals surface area contributed by atoms with Gasteiger partial charge in [0.05, 0.1) is 0 Å². The third-order valence-corrected chi connectivity index (χ3v) is 5.15. The number of rotatable bonds is 4. The first-order chi connectivity index (χ1) is 9.27. The Morgan fingerprint density at radius 2 is 1.68 bits per heavy atom. The molecular weight excluding hydrogens is 236 g/mol. The average molecular weight is 266 g/mol. The number of hydrogen-bond acceptors (Lipinski definition) is 2. The summed E-state index contributed by atoms with van der Waals surface area (Å²) in [4.78, 5) is 14.9. The van der Waals surface area contributed by atoms with Gasteiger partial charge in [-0.1, -0.05) is 32.1 Å². The molecule has 2 rings (SSSR count). The van der Waals surface area contributed by atoms with Crippen molar-refractivity contribution in [1.82, 2.24) is 4.90 Å². The SMILES string of the molecule is CCN(C(=O)C1CCCCC1)C1CCCCC1CN. The summed E-state index contributed by atoms with van der Waals surface area (Å²) in [6.45, 7) is 3.72. The van der Waals surface area contributed by atoms with Crippen LogP contribution in [0.2, 0.25) is 0 Å². The van der Waals surface area contributed by atoms with Crippen LogP contribution in [0.1, 0.15) is 64.7 Å². The van der Waals surface area contributed by atoms with Gasteiger partial charge in [0.2, 0.25) is 5.91 Å². The highest BCUT2D eigenvalue weighted by Crippen LogP contribution is 2.31. The quantitative estimate of drug-likeness (QED) is 0.850. The van der Waals surface area contributed by atoms with Crippen molar-refractivity contribution in [2.45, 2.75) is 70.8 Å². The van der Waals surface area contributed by atoms with Gasteiger partial charge in [-0.25, -0.2) is 0 Å². The van der Waals surface area contributed by atoms with E-state index in [4.69, 9.17) is 5.73 Å². The molecule has 2 atom stereocenters. The van der Waals surface area contributed by atoms with Crippen LogP contribution >= 0.6 is 0 Å². The minimum absolute atomic E-state index is 0.300. The van der Waals surface area contributed by atoms with Gasteiger partial charge in [-0.2, -0.15) is 0 Å². The molecule has 0 aliphatic heterocycles. The smallest absolute Gasteiger partial charge is 0.225 e. The molecule has 0 saturated heterocycles. The van der Waals surface area contributed by atoms with E-state index in [1.807, 2.05) is 0 Å². The lowest BCUT2D eigenvalue weighted by Crippen LogP contribution is -2.50. The fourth-order valence-electron chi connectivity index (χ4n) is 4.01. The molecule has 3 nitrogen and oxygen atoms in total. The molecule has 19 heavy (non-hydrogen) atoms. The first-order valence-corrected chi connectivity index (χ1v) is 8.28. The first-order valence-electron chi connectivity index (χ1n) is 8.28. The summed E-state index contributed by atoms with van der Waals surface area (Å²) in [5.41, 5.74) is 5.93. The van der Waals surface area contributed by atoms with Gasteiger partial charge in [0.25, 0.3) is 0 Å². The van der Waals surface area contributed by atoms with Crippen LogP contribution in [-0.4, -0.2) is 29.9 Å². The zero-order valence-electron chi connectivity index (χ0n) is 12.4. The third kappa shape index (κ3) is 3.50. The Morgan fingerprint density at radius 1 is 1.05 bits per heavy atom. The Morgan fingerprint density at radius 3 is 2.32 bits per heavy atom. The maximum atomic E-state index is 12.8. The Labute approximate surface area is 117 Å². The Balaban J connectivity index is 2.02. The van der Waals surface area contributed by atoms with E-state index in [0.29, 0.717) is 23.8 Å². The molecule has 0 heterocycles. The van der Waals surface area contributed by atoms with Gasteiger partial charge in [0, 0.05) is 18.5 Å². The molecule has 1 amide bonds. The second kappa shape index (κ2) is 7.28. The predicted molar refractivity (Wildman–Crippen MR) is 78.8 cm³/mol. The van der Waals surface area contributed by atoms with Crippen LogP contribution in [0, 0.1) is 11.8 Å². The number of nitrogens with two attached hydrogens (primary N) is 1. The minimum Gasteiger partial charge on any atom is -0.339 e. The lowest BCUT2D eigenvalue weighted by Gasteiger charge is -2.41. The molecule has 0 radical (unpaired) electrons. The molecule has 2 saturated carbocycles. The maximum absolute atomic E-state index is 12.8. The predicted octanol–water partition coefficient (Wildman–Crippen LogP) is 2.93. The van der Waals surface area contributed by atoms with Crippen molar-refractivity contribution in [3.8, 4) is 0 Å². The second-order valence-electron chi connectivity index (χ2n) is 6.31. The van der Waals surface area contributed by atoms with Crippen LogP contribution in [0.4, 0.5) is 0 Å². The van der Waals surface area contributed by atoms with Crippen molar-refractivity contribution in [1.29, 1.82) is 0 Å². The molecule has 0 bridgehead atoms. The number of nitrogens with zero attached hydrogens (tertiary/aromatic N) is 1. The fourth-order valence-corrected chi connectivity index (χ4v) is 4.01. The zero-order valence-corrected chi connectivity index (χ0v) is 12.4. The van der Waals surface area contributed by atoms with Crippen LogP contribution in [-0.2, 0) is 4.79 Å². The second-order valence-corrected chi connectivity index (χ2v) is 6.31. The molecule has 0 aromatic heterocycles. The molecule has 2 aliphatic carbocycles. The first kappa shape index (κ1) is 14.8. The number of carbonyl (C=O) groups excluding carboxylic acids is 1. The topological polar surface area (TPSA) is 46.3 Å².